The molecule has 0 saturated heterocycles. The number of benzene rings is 8. The molecule has 8 aromatic carbocycles. The van der Waals surface area contributed by atoms with Crippen LogP contribution in [0.3, 0.4) is 0 Å². The van der Waals surface area contributed by atoms with Crippen LogP contribution in [0.15, 0.2) is 155 Å². The fourth-order valence-electron chi connectivity index (χ4n) is 7.51. The molecule has 0 bridgehead atoms. The van der Waals surface area contributed by atoms with E-state index in [9.17, 15) is 0 Å². The van der Waals surface area contributed by atoms with Gasteiger partial charge in [0.2, 0.25) is 0 Å². The molecular formula is C42H24O2. The van der Waals surface area contributed by atoms with Crippen LogP contribution in [-0.4, -0.2) is 0 Å². The van der Waals surface area contributed by atoms with Crippen LogP contribution in [0.5, 0.6) is 0 Å². The number of fused-ring (bicyclic) bond motifs is 10. The van der Waals surface area contributed by atoms with Crippen molar-refractivity contribution in [3.63, 3.8) is 0 Å². The number of furan rings is 2. The molecule has 0 atom stereocenters. The molecule has 0 radical (unpaired) electrons. The van der Waals surface area contributed by atoms with E-state index in [1.807, 2.05) is 6.07 Å². The fraction of sp³-hybridized carbons (Fsp3) is 0. The zero-order valence-electron chi connectivity index (χ0n) is 23.7. The van der Waals surface area contributed by atoms with Gasteiger partial charge in [0.25, 0.3) is 0 Å². The Hall–Kier alpha value is -5.86. The highest BCUT2D eigenvalue weighted by molar-refractivity contribution is 6.29. The zero-order chi connectivity index (χ0) is 28.8. The lowest BCUT2D eigenvalue weighted by Gasteiger charge is -2.20. The van der Waals surface area contributed by atoms with Crippen molar-refractivity contribution < 1.29 is 8.83 Å². The Morgan fingerprint density at radius 3 is 1.68 bits per heavy atom. The van der Waals surface area contributed by atoms with Crippen molar-refractivity contribution in [2.45, 2.75) is 0 Å². The summed E-state index contributed by atoms with van der Waals surface area (Å²) in [6.45, 7) is 0. The van der Waals surface area contributed by atoms with Gasteiger partial charge in [-0.1, -0.05) is 109 Å². The molecule has 0 unspecified atom stereocenters. The molecule has 204 valence electrons. The van der Waals surface area contributed by atoms with Crippen LogP contribution in [0.1, 0.15) is 0 Å². The minimum Gasteiger partial charge on any atom is -0.464 e. The molecule has 0 amide bonds. The Balaban J connectivity index is 1.41. The van der Waals surface area contributed by atoms with E-state index < -0.39 is 0 Å². The summed E-state index contributed by atoms with van der Waals surface area (Å²) in [6.07, 6.45) is 1.76. The van der Waals surface area contributed by atoms with Gasteiger partial charge in [-0.3, -0.25) is 0 Å². The van der Waals surface area contributed by atoms with Gasteiger partial charge in [0.1, 0.15) is 16.7 Å². The highest BCUT2D eigenvalue weighted by Crippen LogP contribution is 2.49. The zero-order valence-corrected chi connectivity index (χ0v) is 23.7. The maximum atomic E-state index is 6.44. The third-order valence-corrected chi connectivity index (χ3v) is 9.32. The lowest BCUT2D eigenvalue weighted by atomic mass is 9.83. The quantitative estimate of drug-likeness (QED) is 0.155. The fourth-order valence-corrected chi connectivity index (χ4v) is 7.51. The summed E-state index contributed by atoms with van der Waals surface area (Å²) >= 11 is 0. The first-order valence-corrected chi connectivity index (χ1v) is 15.0. The van der Waals surface area contributed by atoms with Crippen molar-refractivity contribution >= 4 is 76.0 Å². The van der Waals surface area contributed by atoms with E-state index in [4.69, 9.17) is 8.83 Å². The molecular weight excluding hydrogens is 536 g/mol. The van der Waals surface area contributed by atoms with Crippen LogP contribution in [0.4, 0.5) is 0 Å². The molecule has 0 aliphatic rings. The number of hydrogen-bond acceptors (Lipinski definition) is 2. The summed E-state index contributed by atoms with van der Waals surface area (Å²) < 4.78 is 12.5. The first kappa shape index (κ1) is 23.7. The summed E-state index contributed by atoms with van der Waals surface area (Å²) in [5, 5.41) is 13.1. The summed E-state index contributed by atoms with van der Waals surface area (Å²) in [6, 6.07) is 50.2. The highest BCUT2D eigenvalue weighted by atomic mass is 16.3. The van der Waals surface area contributed by atoms with E-state index in [1.54, 1.807) is 6.26 Å². The normalized spacial score (nSPS) is 12.1. The van der Waals surface area contributed by atoms with Crippen molar-refractivity contribution in [3.05, 3.63) is 146 Å². The minimum atomic E-state index is 0.836. The molecule has 0 spiro atoms. The molecule has 0 aliphatic carbocycles. The molecule has 0 saturated carbocycles. The van der Waals surface area contributed by atoms with Crippen molar-refractivity contribution in [2.24, 2.45) is 0 Å². The third-order valence-electron chi connectivity index (χ3n) is 9.32. The molecule has 0 fully saturated rings. The Morgan fingerprint density at radius 1 is 0.364 bits per heavy atom. The Morgan fingerprint density at radius 2 is 0.955 bits per heavy atom. The largest absolute Gasteiger partial charge is 0.464 e. The molecule has 2 heterocycles. The first-order chi connectivity index (χ1) is 21.8. The van der Waals surface area contributed by atoms with E-state index in [2.05, 4.69) is 133 Å². The van der Waals surface area contributed by atoms with Gasteiger partial charge in [-0.05, 0) is 95.7 Å². The topological polar surface area (TPSA) is 26.3 Å². The van der Waals surface area contributed by atoms with Gasteiger partial charge < -0.3 is 8.83 Å². The second-order valence-electron chi connectivity index (χ2n) is 11.6. The smallest absolute Gasteiger partial charge is 0.145 e. The standard InChI is InChI=1S/C42H24O2/c1-2-11-27-26(10-1)24-35(29-13-4-3-12-28(27)29)39-32-16-7-5-14-30(32)38(31-15-6-8-17-33(31)39)34-18-9-19-36-40(34)41-37(44-36)21-20-25-22-23-43-42(25)41/h1-24H. The van der Waals surface area contributed by atoms with Crippen LogP contribution in [0, 0.1) is 0 Å². The second kappa shape index (κ2) is 8.82. The van der Waals surface area contributed by atoms with E-state index in [1.165, 1.54) is 59.8 Å². The number of rotatable bonds is 2. The first-order valence-electron chi connectivity index (χ1n) is 15.0. The summed E-state index contributed by atoms with van der Waals surface area (Å²) in [7, 11) is 0. The van der Waals surface area contributed by atoms with Crippen molar-refractivity contribution in [2.75, 3.05) is 0 Å². The van der Waals surface area contributed by atoms with Crippen molar-refractivity contribution in [3.8, 4) is 22.3 Å². The third kappa shape index (κ3) is 3.14. The predicted molar refractivity (Wildman–Crippen MR) is 184 cm³/mol. The monoisotopic (exact) mass is 560 g/mol. The Labute approximate surface area is 252 Å². The highest BCUT2D eigenvalue weighted by Gasteiger charge is 2.22. The van der Waals surface area contributed by atoms with Gasteiger partial charge in [-0.25, -0.2) is 0 Å². The lowest BCUT2D eigenvalue weighted by Crippen LogP contribution is -1.92. The van der Waals surface area contributed by atoms with Gasteiger partial charge in [0.05, 0.1) is 11.6 Å². The lowest BCUT2D eigenvalue weighted by molar-refractivity contribution is 0.618. The van der Waals surface area contributed by atoms with Gasteiger partial charge >= 0.3 is 0 Å². The van der Waals surface area contributed by atoms with E-state index in [-0.39, 0.29) is 0 Å². The van der Waals surface area contributed by atoms with Crippen molar-refractivity contribution in [1.29, 1.82) is 0 Å². The van der Waals surface area contributed by atoms with Gasteiger partial charge in [0, 0.05) is 10.8 Å². The second-order valence-corrected chi connectivity index (χ2v) is 11.6. The Kier molecular flexibility index (Phi) is 4.75. The van der Waals surface area contributed by atoms with Crippen molar-refractivity contribution in [1.82, 2.24) is 0 Å². The minimum absolute atomic E-state index is 0.836. The summed E-state index contributed by atoms with van der Waals surface area (Å²) in [5.74, 6) is 0. The average Bonchev–Trinajstić information content (AvgIpc) is 3.72. The summed E-state index contributed by atoms with van der Waals surface area (Å²) in [4.78, 5) is 0. The van der Waals surface area contributed by atoms with Gasteiger partial charge in [-0.15, -0.1) is 0 Å². The van der Waals surface area contributed by atoms with Crippen LogP contribution >= 0.6 is 0 Å². The van der Waals surface area contributed by atoms with Crippen LogP contribution in [-0.2, 0) is 0 Å². The molecule has 0 N–H and O–H groups in total. The van der Waals surface area contributed by atoms with Crippen LogP contribution < -0.4 is 0 Å². The SMILES string of the molecule is c1ccc2c(c1)cc(-c1c3ccccc3c(-c3cccc4oc5ccc6ccoc6c5c34)c3ccccc13)c1ccccc12. The molecule has 0 aliphatic heterocycles. The Bertz CT molecular complexity index is 2720. The molecule has 10 rings (SSSR count). The van der Waals surface area contributed by atoms with E-state index >= 15 is 0 Å². The molecule has 2 aromatic heterocycles. The molecule has 2 heteroatoms. The van der Waals surface area contributed by atoms with Crippen LogP contribution in [0.25, 0.3) is 98.3 Å². The van der Waals surface area contributed by atoms with Crippen LogP contribution in [0.2, 0.25) is 0 Å². The molecule has 10 aromatic rings. The summed E-state index contributed by atoms with van der Waals surface area (Å²) in [5.41, 5.74) is 7.43. The molecule has 2 nitrogen and oxygen atoms in total. The predicted octanol–water partition coefficient (Wildman–Crippen LogP) is 12.3. The molecule has 44 heavy (non-hydrogen) atoms. The van der Waals surface area contributed by atoms with Gasteiger partial charge in [-0.2, -0.15) is 0 Å². The average molecular weight is 561 g/mol. The maximum Gasteiger partial charge on any atom is 0.145 e. The van der Waals surface area contributed by atoms with E-state index in [0.717, 1.165) is 38.5 Å². The number of hydrogen-bond donors (Lipinski definition) is 0. The van der Waals surface area contributed by atoms with Gasteiger partial charge in [0.15, 0.2) is 0 Å². The van der Waals surface area contributed by atoms with E-state index in [0.29, 0.717) is 0 Å². The maximum absolute atomic E-state index is 6.44.